The van der Waals surface area contributed by atoms with Crippen LogP contribution in [0.2, 0.25) is 0 Å². The van der Waals surface area contributed by atoms with Crippen molar-refractivity contribution in [3.8, 4) is 0 Å². The average Bonchev–Trinajstić information content (AvgIpc) is 3.25. The minimum Gasteiger partial charge on any atom is -0.396 e. The molecule has 0 amide bonds. The highest BCUT2D eigenvalue weighted by atomic mass is 16.6. The third-order valence-corrected chi connectivity index (χ3v) is 8.63. The van der Waals surface area contributed by atoms with Crippen LogP contribution in [0.4, 0.5) is 0 Å². The zero-order chi connectivity index (χ0) is 20.1. The van der Waals surface area contributed by atoms with Crippen molar-refractivity contribution in [2.45, 2.75) is 87.8 Å². The van der Waals surface area contributed by atoms with Gasteiger partial charge in [-0.05, 0) is 62.7 Å². The Morgan fingerprint density at radius 2 is 1.79 bits per heavy atom. The van der Waals surface area contributed by atoms with Crippen LogP contribution < -0.4 is 10.6 Å². The Balaban J connectivity index is 1.25. The molecule has 3 aliphatic heterocycles. The summed E-state index contributed by atoms with van der Waals surface area (Å²) in [6, 6.07) is 0.235. The lowest BCUT2D eigenvalue weighted by Crippen LogP contribution is -2.62. The van der Waals surface area contributed by atoms with Gasteiger partial charge in [0, 0.05) is 31.8 Å². The number of hydrogen-bond donors (Lipinski definition) is 6. The molecule has 2 aliphatic carbocycles. The molecule has 11 atom stereocenters. The molecule has 0 aromatic heterocycles. The number of nitrogens with zero attached hydrogens (tertiary/aromatic N) is 1. The zero-order valence-electron chi connectivity index (χ0n) is 17.1. The number of aliphatic hydroxyl groups excluding tert-OH is 4. The standard InChI is InChI=1S/C21H37N3O5/c25-8-6-15-14-5-7-24(20(14)23-10-22-15)21-18(28)17(27)19(29-21)16(26)13-4-2-11-1-3-12(11)9-13/h11-23,25-28H,1-10H2/t11?,12?,13?,14?,15?,16-,17+,18-,19-,20?,21-/m1/s1. The van der Waals surface area contributed by atoms with E-state index in [9.17, 15) is 20.4 Å². The lowest BCUT2D eigenvalue weighted by molar-refractivity contribution is -0.142. The molecule has 3 saturated heterocycles. The third kappa shape index (κ3) is 3.55. The second-order valence-corrected chi connectivity index (χ2v) is 9.97. The highest BCUT2D eigenvalue weighted by Gasteiger charge is 2.54. The smallest absolute Gasteiger partial charge is 0.141 e. The summed E-state index contributed by atoms with van der Waals surface area (Å²) < 4.78 is 6.18. The number of ether oxygens (including phenoxy) is 1. The Kier molecular flexibility index (Phi) is 5.90. The predicted molar refractivity (Wildman–Crippen MR) is 105 cm³/mol. The van der Waals surface area contributed by atoms with Gasteiger partial charge in [-0.15, -0.1) is 0 Å². The number of hydrogen-bond acceptors (Lipinski definition) is 8. The molecule has 3 heterocycles. The van der Waals surface area contributed by atoms with Gasteiger partial charge in [0.2, 0.25) is 0 Å². The first kappa shape index (κ1) is 20.6. The van der Waals surface area contributed by atoms with Crippen molar-refractivity contribution in [1.82, 2.24) is 15.5 Å². The summed E-state index contributed by atoms with van der Waals surface area (Å²) in [5, 5.41) is 48.8. The Hall–Kier alpha value is -0.320. The van der Waals surface area contributed by atoms with Crippen molar-refractivity contribution in [3.05, 3.63) is 0 Å². The highest BCUT2D eigenvalue weighted by molar-refractivity contribution is 5.02. The van der Waals surface area contributed by atoms with Gasteiger partial charge in [0.05, 0.1) is 12.3 Å². The molecule has 0 aromatic carbocycles. The molecule has 166 valence electrons. The number of rotatable bonds is 5. The van der Waals surface area contributed by atoms with Crippen LogP contribution in [0.1, 0.15) is 44.9 Å². The average molecular weight is 412 g/mol. The van der Waals surface area contributed by atoms with Gasteiger partial charge in [-0.3, -0.25) is 10.2 Å². The Labute approximate surface area is 172 Å². The molecule has 2 saturated carbocycles. The van der Waals surface area contributed by atoms with E-state index in [0.29, 0.717) is 19.0 Å². The second-order valence-electron chi connectivity index (χ2n) is 9.97. The van der Waals surface area contributed by atoms with Gasteiger partial charge in [-0.2, -0.15) is 0 Å². The van der Waals surface area contributed by atoms with Crippen molar-refractivity contribution < 1.29 is 25.2 Å². The van der Waals surface area contributed by atoms with Gasteiger partial charge in [0.1, 0.15) is 24.5 Å². The molecule has 5 rings (SSSR count). The van der Waals surface area contributed by atoms with E-state index in [4.69, 9.17) is 4.74 Å². The number of aliphatic hydroxyl groups is 4. The van der Waals surface area contributed by atoms with Crippen molar-refractivity contribution >= 4 is 0 Å². The SMILES string of the molecule is OCCC1NCNC2C1CCN2[C@@H]1O[C@H]([C@H](O)C2CCC3CCC3C2)[C@@H](O)[C@H]1O. The fraction of sp³-hybridized carbons (Fsp3) is 1.00. The Morgan fingerprint density at radius 1 is 1.00 bits per heavy atom. The van der Waals surface area contributed by atoms with Crippen LogP contribution in [0.5, 0.6) is 0 Å². The molecule has 0 aromatic rings. The fourth-order valence-corrected chi connectivity index (χ4v) is 6.80. The molecule has 29 heavy (non-hydrogen) atoms. The zero-order valence-corrected chi connectivity index (χ0v) is 17.1. The van der Waals surface area contributed by atoms with Crippen LogP contribution in [0.25, 0.3) is 0 Å². The molecule has 6 unspecified atom stereocenters. The van der Waals surface area contributed by atoms with Crippen LogP contribution in [0.3, 0.4) is 0 Å². The summed E-state index contributed by atoms with van der Waals surface area (Å²) >= 11 is 0. The Bertz CT molecular complexity index is 581. The lowest BCUT2D eigenvalue weighted by atomic mass is 9.61. The molecule has 5 aliphatic rings. The van der Waals surface area contributed by atoms with Crippen molar-refractivity contribution in [2.24, 2.45) is 23.7 Å². The first-order chi connectivity index (χ1) is 14.1. The monoisotopic (exact) mass is 411 g/mol. The van der Waals surface area contributed by atoms with Crippen LogP contribution in [-0.2, 0) is 4.74 Å². The second kappa shape index (κ2) is 8.31. The van der Waals surface area contributed by atoms with E-state index >= 15 is 0 Å². The first-order valence-corrected chi connectivity index (χ1v) is 11.6. The van der Waals surface area contributed by atoms with Crippen molar-refractivity contribution in [2.75, 3.05) is 19.8 Å². The quantitative estimate of drug-likeness (QED) is 0.347. The Morgan fingerprint density at radius 3 is 2.52 bits per heavy atom. The minimum atomic E-state index is -1.07. The summed E-state index contributed by atoms with van der Waals surface area (Å²) in [4.78, 5) is 2.11. The third-order valence-electron chi connectivity index (χ3n) is 8.63. The number of nitrogens with one attached hydrogen (secondary N) is 2. The highest BCUT2D eigenvalue weighted by Crippen LogP contribution is 2.48. The molecular weight excluding hydrogens is 374 g/mol. The van der Waals surface area contributed by atoms with Crippen LogP contribution in [0.15, 0.2) is 0 Å². The number of likely N-dealkylation sites (tertiary alicyclic amines) is 1. The van der Waals surface area contributed by atoms with E-state index in [-0.39, 0.29) is 24.7 Å². The van der Waals surface area contributed by atoms with Gasteiger partial charge < -0.3 is 30.5 Å². The largest absolute Gasteiger partial charge is 0.396 e. The van der Waals surface area contributed by atoms with Gasteiger partial charge in [-0.1, -0.05) is 0 Å². The topological polar surface area (TPSA) is 117 Å². The first-order valence-electron chi connectivity index (χ1n) is 11.6. The van der Waals surface area contributed by atoms with E-state index in [0.717, 1.165) is 37.6 Å². The molecule has 8 nitrogen and oxygen atoms in total. The maximum absolute atomic E-state index is 11.0. The summed E-state index contributed by atoms with van der Waals surface area (Å²) in [5.41, 5.74) is 0. The molecule has 0 radical (unpaired) electrons. The van der Waals surface area contributed by atoms with Gasteiger partial charge in [-0.25, -0.2) is 0 Å². The maximum atomic E-state index is 11.0. The van der Waals surface area contributed by atoms with E-state index in [1.165, 1.54) is 19.3 Å². The fourth-order valence-electron chi connectivity index (χ4n) is 6.80. The van der Waals surface area contributed by atoms with E-state index < -0.39 is 30.6 Å². The summed E-state index contributed by atoms with van der Waals surface area (Å²) in [7, 11) is 0. The van der Waals surface area contributed by atoms with Crippen molar-refractivity contribution in [1.29, 1.82) is 0 Å². The normalized spacial score (nSPS) is 51.3. The summed E-state index contributed by atoms with van der Waals surface area (Å²) in [5.74, 6) is 2.04. The maximum Gasteiger partial charge on any atom is 0.141 e. The molecule has 6 N–H and O–H groups in total. The van der Waals surface area contributed by atoms with Gasteiger partial charge in [0.25, 0.3) is 0 Å². The number of fused-ring (bicyclic) bond motifs is 2. The van der Waals surface area contributed by atoms with Crippen molar-refractivity contribution in [3.63, 3.8) is 0 Å². The summed E-state index contributed by atoms with van der Waals surface area (Å²) in [6.07, 6.45) is 3.29. The molecule has 0 spiro atoms. The summed E-state index contributed by atoms with van der Waals surface area (Å²) in [6.45, 7) is 1.56. The molecule has 5 fully saturated rings. The van der Waals surface area contributed by atoms with E-state index in [2.05, 4.69) is 15.5 Å². The van der Waals surface area contributed by atoms with E-state index in [1.54, 1.807) is 0 Å². The van der Waals surface area contributed by atoms with Gasteiger partial charge in [0.15, 0.2) is 0 Å². The van der Waals surface area contributed by atoms with Gasteiger partial charge >= 0.3 is 0 Å². The van der Waals surface area contributed by atoms with Crippen LogP contribution >= 0.6 is 0 Å². The van der Waals surface area contributed by atoms with Crippen LogP contribution in [-0.4, -0.2) is 88.0 Å². The molecule has 0 bridgehead atoms. The van der Waals surface area contributed by atoms with E-state index in [1.807, 2.05) is 0 Å². The lowest BCUT2D eigenvalue weighted by Gasteiger charge is -2.45. The minimum absolute atomic E-state index is 0.0426. The van der Waals surface area contributed by atoms with Crippen LogP contribution in [0, 0.1) is 23.7 Å². The predicted octanol–water partition coefficient (Wildman–Crippen LogP) is -0.830. The molecular formula is C21H37N3O5. The molecule has 8 heteroatoms.